The number of fused-ring (bicyclic) bond motifs is 2. The van der Waals surface area contributed by atoms with Crippen LogP contribution in [0.15, 0.2) is 42.5 Å². The van der Waals surface area contributed by atoms with Gasteiger partial charge in [0.1, 0.15) is 23.4 Å². The summed E-state index contributed by atoms with van der Waals surface area (Å²) in [7, 11) is 3.27. The van der Waals surface area contributed by atoms with Gasteiger partial charge in [-0.3, -0.25) is 0 Å². The molecule has 0 bridgehead atoms. The van der Waals surface area contributed by atoms with Crippen LogP contribution >= 0.6 is 0 Å². The summed E-state index contributed by atoms with van der Waals surface area (Å²) >= 11 is 0. The van der Waals surface area contributed by atoms with Crippen molar-refractivity contribution in [2.45, 2.75) is 19.6 Å². The minimum absolute atomic E-state index is 0.461. The molecule has 1 N–H and O–H groups in total. The Morgan fingerprint density at radius 1 is 1.08 bits per heavy atom. The third-order valence-corrected chi connectivity index (χ3v) is 4.98. The van der Waals surface area contributed by atoms with Crippen molar-refractivity contribution in [3.05, 3.63) is 59.2 Å². The van der Waals surface area contributed by atoms with Gasteiger partial charge in [-0.2, -0.15) is 0 Å². The first kappa shape index (κ1) is 16.7. The Labute approximate surface area is 152 Å². The highest BCUT2D eigenvalue weighted by molar-refractivity contribution is 5.81. The third-order valence-electron chi connectivity index (χ3n) is 4.98. The lowest BCUT2D eigenvalue weighted by Gasteiger charge is -2.35. The van der Waals surface area contributed by atoms with E-state index >= 15 is 0 Å². The van der Waals surface area contributed by atoms with Gasteiger partial charge in [0.2, 0.25) is 0 Å². The fourth-order valence-corrected chi connectivity index (χ4v) is 3.77. The second-order valence-corrected chi connectivity index (χ2v) is 6.58. The van der Waals surface area contributed by atoms with Crippen LogP contribution in [-0.4, -0.2) is 30.9 Å². The molecule has 0 saturated heterocycles. The first-order valence-corrected chi connectivity index (χ1v) is 8.65. The minimum atomic E-state index is -0.670. The molecule has 1 atom stereocenters. The van der Waals surface area contributed by atoms with Gasteiger partial charge in [0, 0.05) is 23.1 Å². The number of benzene rings is 2. The number of aromatic nitrogens is 1. The molecule has 1 aromatic heterocycles. The number of para-hydroxylation sites is 1. The van der Waals surface area contributed by atoms with Crippen LogP contribution in [0.4, 0.5) is 5.82 Å². The molecule has 0 aliphatic carbocycles. The maximum atomic E-state index is 10.8. The second-order valence-electron chi connectivity index (χ2n) is 6.58. The molecule has 26 heavy (non-hydrogen) atoms. The lowest BCUT2D eigenvalue weighted by Crippen LogP contribution is -2.35. The monoisotopic (exact) mass is 350 g/mol. The van der Waals surface area contributed by atoms with Crippen molar-refractivity contribution >= 4 is 16.7 Å². The molecule has 2 aromatic carbocycles. The number of aliphatic hydroxyl groups excluding tert-OH is 1. The zero-order valence-electron chi connectivity index (χ0n) is 15.2. The van der Waals surface area contributed by atoms with E-state index in [-0.39, 0.29) is 0 Å². The number of hydrogen-bond donors (Lipinski definition) is 1. The van der Waals surface area contributed by atoms with Crippen LogP contribution in [0.2, 0.25) is 0 Å². The van der Waals surface area contributed by atoms with Crippen molar-refractivity contribution < 1.29 is 14.6 Å². The fraction of sp³-hybridized carbons (Fsp3) is 0.286. The Morgan fingerprint density at radius 3 is 2.58 bits per heavy atom. The lowest BCUT2D eigenvalue weighted by molar-refractivity contribution is 0.169. The van der Waals surface area contributed by atoms with Crippen molar-refractivity contribution in [2.75, 3.05) is 25.7 Å². The highest BCUT2D eigenvalue weighted by atomic mass is 16.5. The van der Waals surface area contributed by atoms with Crippen molar-refractivity contribution in [3.8, 4) is 11.5 Å². The van der Waals surface area contributed by atoms with Gasteiger partial charge >= 0.3 is 0 Å². The Morgan fingerprint density at radius 2 is 1.81 bits per heavy atom. The molecule has 4 rings (SSSR count). The number of β-amino-alcohol motifs (C(OH)–C–C–N with tert-alkyl or cyclic N) is 1. The number of pyridine rings is 1. The fourth-order valence-electron chi connectivity index (χ4n) is 3.77. The summed E-state index contributed by atoms with van der Waals surface area (Å²) in [5.74, 6) is 2.33. The van der Waals surface area contributed by atoms with E-state index in [1.165, 1.54) is 0 Å². The molecule has 0 fully saturated rings. The number of nitrogens with zero attached hydrogens (tertiary/aromatic N) is 2. The van der Waals surface area contributed by atoms with E-state index < -0.39 is 6.10 Å². The van der Waals surface area contributed by atoms with E-state index in [2.05, 4.69) is 24.0 Å². The highest BCUT2D eigenvalue weighted by Crippen LogP contribution is 2.41. The van der Waals surface area contributed by atoms with E-state index in [9.17, 15) is 5.11 Å². The van der Waals surface area contributed by atoms with Crippen LogP contribution in [-0.2, 0) is 6.54 Å². The standard InChI is InChI=1S/C21H22N2O3/c1-13-10-14-6-4-5-7-16(14)22-21(13)23-11-15-18(25-2)8-9-19(26-3)20(15)17(24)12-23/h4-10,17,24H,11-12H2,1-3H3. The Hall–Kier alpha value is -2.79. The van der Waals surface area contributed by atoms with Crippen molar-refractivity contribution in [3.63, 3.8) is 0 Å². The minimum Gasteiger partial charge on any atom is -0.496 e. The van der Waals surface area contributed by atoms with Crippen LogP contribution < -0.4 is 14.4 Å². The maximum Gasteiger partial charge on any atom is 0.132 e. The average molecular weight is 350 g/mol. The van der Waals surface area contributed by atoms with Crippen molar-refractivity contribution in [1.29, 1.82) is 0 Å². The quantitative estimate of drug-likeness (QED) is 0.782. The van der Waals surface area contributed by atoms with Crippen LogP contribution in [0.1, 0.15) is 22.8 Å². The molecule has 5 heteroatoms. The van der Waals surface area contributed by atoms with Gasteiger partial charge in [0.25, 0.3) is 0 Å². The van der Waals surface area contributed by atoms with Gasteiger partial charge in [-0.25, -0.2) is 4.98 Å². The number of methoxy groups -OCH3 is 2. The Balaban J connectivity index is 1.81. The number of aryl methyl sites for hydroxylation is 1. The van der Waals surface area contributed by atoms with E-state index in [1.54, 1.807) is 14.2 Å². The third kappa shape index (κ3) is 2.65. The predicted octanol–water partition coefficient (Wildman–Crippen LogP) is 3.61. The van der Waals surface area contributed by atoms with Crippen LogP contribution in [0.3, 0.4) is 0 Å². The molecular weight excluding hydrogens is 328 g/mol. The summed E-state index contributed by atoms with van der Waals surface area (Å²) < 4.78 is 11.0. The largest absolute Gasteiger partial charge is 0.496 e. The SMILES string of the molecule is COc1ccc(OC)c2c1CN(c1nc3ccccc3cc1C)CC2O. The normalized spacial score (nSPS) is 16.5. The second kappa shape index (κ2) is 6.50. The maximum absolute atomic E-state index is 10.8. The number of rotatable bonds is 3. The van der Waals surface area contributed by atoms with Gasteiger partial charge in [-0.15, -0.1) is 0 Å². The molecule has 134 valence electrons. The summed E-state index contributed by atoms with van der Waals surface area (Å²) in [4.78, 5) is 6.95. The number of aliphatic hydroxyl groups is 1. The summed E-state index contributed by atoms with van der Waals surface area (Å²) in [6.07, 6.45) is -0.670. The Kier molecular flexibility index (Phi) is 4.17. The van der Waals surface area contributed by atoms with Crippen molar-refractivity contribution in [1.82, 2.24) is 4.98 Å². The first-order chi connectivity index (χ1) is 12.6. The molecule has 0 saturated carbocycles. The van der Waals surface area contributed by atoms with Gasteiger partial charge in [0.15, 0.2) is 0 Å². The van der Waals surface area contributed by atoms with E-state index in [0.29, 0.717) is 18.8 Å². The zero-order chi connectivity index (χ0) is 18.3. The van der Waals surface area contributed by atoms with Gasteiger partial charge in [-0.05, 0) is 36.8 Å². The van der Waals surface area contributed by atoms with E-state index in [1.807, 2.05) is 30.3 Å². The van der Waals surface area contributed by atoms with Gasteiger partial charge < -0.3 is 19.5 Å². The first-order valence-electron chi connectivity index (χ1n) is 8.65. The smallest absolute Gasteiger partial charge is 0.132 e. The highest BCUT2D eigenvalue weighted by Gasteiger charge is 2.31. The summed E-state index contributed by atoms with van der Waals surface area (Å²) in [5.41, 5.74) is 3.79. The molecule has 3 aromatic rings. The molecule has 1 unspecified atom stereocenters. The molecule has 5 nitrogen and oxygen atoms in total. The molecule has 2 heterocycles. The number of hydrogen-bond acceptors (Lipinski definition) is 5. The van der Waals surface area contributed by atoms with E-state index in [0.717, 1.165) is 39.2 Å². The molecule has 0 amide bonds. The van der Waals surface area contributed by atoms with Gasteiger partial charge in [-0.1, -0.05) is 18.2 Å². The molecule has 1 aliphatic rings. The summed E-state index contributed by atoms with van der Waals surface area (Å²) in [6.45, 7) is 3.13. The lowest BCUT2D eigenvalue weighted by atomic mass is 9.95. The number of ether oxygens (including phenoxy) is 2. The van der Waals surface area contributed by atoms with E-state index in [4.69, 9.17) is 14.5 Å². The van der Waals surface area contributed by atoms with Crippen LogP contribution in [0.25, 0.3) is 10.9 Å². The van der Waals surface area contributed by atoms with Crippen molar-refractivity contribution in [2.24, 2.45) is 0 Å². The van der Waals surface area contributed by atoms with Crippen LogP contribution in [0, 0.1) is 6.92 Å². The van der Waals surface area contributed by atoms with Gasteiger partial charge in [0.05, 0.1) is 26.3 Å². The average Bonchev–Trinajstić information content (AvgIpc) is 2.66. The molecular formula is C21H22N2O3. The summed E-state index contributed by atoms with van der Waals surface area (Å²) in [5, 5.41) is 11.9. The molecule has 0 radical (unpaired) electrons. The van der Waals surface area contributed by atoms with Crippen LogP contribution in [0.5, 0.6) is 11.5 Å². The molecule has 0 spiro atoms. The zero-order valence-corrected chi connectivity index (χ0v) is 15.2. The topological polar surface area (TPSA) is 54.8 Å². The number of anilines is 1. The molecule has 1 aliphatic heterocycles. The Bertz CT molecular complexity index is 971. The predicted molar refractivity (Wildman–Crippen MR) is 102 cm³/mol. The summed E-state index contributed by atoms with van der Waals surface area (Å²) in [6, 6.07) is 13.9.